The number of nitrogens with one attached hydrogen (secondary N) is 1. The van der Waals surface area contributed by atoms with E-state index in [-0.39, 0.29) is 5.78 Å². The van der Waals surface area contributed by atoms with Gasteiger partial charge in [0.1, 0.15) is 0 Å². The Morgan fingerprint density at radius 2 is 1.92 bits per heavy atom. The Balaban J connectivity index is 1.70. The van der Waals surface area contributed by atoms with Crippen molar-refractivity contribution in [2.75, 3.05) is 5.32 Å². The highest BCUT2D eigenvalue weighted by Gasteiger charge is 2.19. The number of aryl methyl sites for hydroxylation is 3. The summed E-state index contributed by atoms with van der Waals surface area (Å²) in [5.74, 6) is 1.01. The molecule has 6 nitrogen and oxygen atoms in total. The van der Waals surface area contributed by atoms with Gasteiger partial charge in [-0.25, -0.2) is 19.9 Å². The maximum atomic E-state index is 11.9. The number of ketones is 1. The van der Waals surface area contributed by atoms with E-state index in [1.165, 1.54) is 0 Å². The second-order valence-corrected chi connectivity index (χ2v) is 6.11. The smallest absolute Gasteiger partial charge is 0.230 e. The molecule has 3 aromatic rings. The molecule has 0 unspecified atom stereocenters. The second-order valence-electron chi connectivity index (χ2n) is 6.11. The van der Waals surface area contributed by atoms with Crippen LogP contribution in [0.4, 0.5) is 11.9 Å². The molecule has 1 N–H and O–H groups in total. The Labute approximate surface area is 139 Å². The SMILES string of the molecule is Cc1ccc2c(C)nc(Nc3ncc4c(n3)CCCC4=O)nc2c1. The van der Waals surface area contributed by atoms with E-state index in [0.717, 1.165) is 40.7 Å². The van der Waals surface area contributed by atoms with E-state index in [1.807, 2.05) is 26.0 Å². The molecule has 0 aliphatic heterocycles. The first-order valence-electron chi connectivity index (χ1n) is 8.01. The fraction of sp³-hybridized carbons (Fsp3) is 0.278. The largest absolute Gasteiger partial charge is 0.294 e. The van der Waals surface area contributed by atoms with E-state index in [1.54, 1.807) is 6.20 Å². The molecular formula is C18H17N5O. The van der Waals surface area contributed by atoms with Crippen LogP contribution in [0.25, 0.3) is 10.9 Å². The molecule has 24 heavy (non-hydrogen) atoms. The van der Waals surface area contributed by atoms with Crippen molar-refractivity contribution < 1.29 is 4.79 Å². The van der Waals surface area contributed by atoms with E-state index < -0.39 is 0 Å². The number of rotatable bonds is 2. The fourth-order valence-electron chi connectivity index (χ4n) is 3.01. The molecule has 0 radical (unpaired) electrons. The van der Waals surface area contributed by atoms with Crippen LogP contribution in [-0.2, 0) is 6.42 Å². The quantitative estimate of drug-likeness (QED) is 0.780. The summed E-state index contributed by atoms with van der Waals surface area (Å²) in [6, 6.07) is 6.11. The van der Waals surface area contributed by atoms with Gasteiger partial charge in [-0.15, -0.1) is 0 Å². The van der Waals surface area contributed by atoms with Crippen molar-refractivity contribution in [3.63, 3.8) is 0 Å². The lowest BCUT2D eigenvalue weighted by Gasteiger charge is -2.14. The molecule has 6 heteroatoms. The van der Waals surface area contributed by atoms with Crippen molar-refractivity contribution in [3.05, 3.63) is 46.9 Å². The summed E-state index contributed by atoms with van der Waals surface area (Å²) in [5, 5.41) is 4.10. The van der Waals surface area contributed by atoms with Crippen molar-refractivity contribution in [2.45, 2.75) is 33.1 Å². The molecule has 1 aliphatic rings. The zero-order valence-electron chi connectivity index (χ0n) is 13.6. The predicted octanol–water partition coefficient (Wildman–Crippen LogP) is 3.30. The van der Waals surface area contributed by atoms with Crippen LogP contribution in [-0.4, -0.2) is 25.7 Å². The van der Waals surface area contributed by atoms with Gasteiger partial charge in [0.25, 0.3) is 0 Å². The molecule has 1 aliphatic carbocycles. The topological polar surface area (TPSA) is 80.7 Å². The number of carbonyl (C=O) groups is 1. The van der Waals surface area contributed by atoms with E-state index in [2.05, 4.69) is 31.3 Å². The number of Topliss-reactive ketones (excluding diaryl/α,β-unsaturated/α-hetero) is 1. The van der Waals surface area contributed by atoms with Crippen LogP contribution in [0.5, 0.6) is 0 Å². The Morgan fingerprint density at radius 1 is 1.04 bits per heavy atom. The van der Waals surface area contributed by atoms with Crippen molar-refractivity contribution in [1.82, 2.24) is 19.9 Å². The summed E-state index contributed by atoms with van der Waals surface area (Å²) in [4.78, 5) is 29.6. The number of hydrogen-bond acceptors (Lipinski definition) is 6. The average molecular weight is 319 g/mol. The van der Waals surface area contributed by atoms with Crippen LogP contribution < -0.4 is 5.32 Å². The van der Waals surface area contributed by atoms with Crippen LogP contribution in [0, 0.1) is 13.8 Å². The normalized spacial score (nSPS) is 13.8. The molecule has 1 aromatic carbocycles. The van der Waals surface area contributed by atoms with Gasteiger partial charge >= 0.3 is 0 Å². The number of anilines is 2. The minimum Gasteiger partial charge on any atom is -0.294 e. The Bertz CT molecular complexity index is 967. The Hall–Kier alpha value is -2.89. The number of fused-ring (bicyclic) bond motifs is 2. The van der Waals surface area contributed by atoms with Gasteiger partial charge in [-0.3, -0.25) is 10.1 Å². The average Bonchev–Trinajstić information content (AvgIpc) is 2.54. The zero-order valence-corrected chi connectivity index (χ0v) is 13.6. The minimum absolute atomic E-state index is 0.121. The molecule has 0 spiro atoms. The Kier molecular flexibility index (Phi) is 3.45. The van der Waals surface area contributed by atoms with Gasteiger partial charge in [-0.2, -0.15) is 0 Å². The van der Waals surface area contributed by atoms with Gasteiger partial charge in [-0.05, 0) is 38.3 Å². The molecule has 0 fully saturated rings. The predicted molar refractivity (Wildman–Crippen MR) is 91.6 cm³/mol. The molecule has 0 atom stereocenters. The van der Waals surface area contributed by atoms with Crippen molar-refractivity contribution >= 4 is 28.6 Å². The van der Waals surface area contributed by atoms with Crippen LogP contribution in [0.1, 0.15) is 40.2 Å². The summed E-state index contributed by atoms with van der Waals surface area (Å²) >= 11 is 0. The molecule has 4 rings (SSSR count). The van der Waals surface area contributed by atoms with Gasteiger partial charge in [0.15, 0.2) is 5.78 Å². The Morgan fingerprint density at radius 3 is 2.79 bits per heavy atom. The van der Waals surface area contributed by atoms with Gasteiger partial charge in [0, 0.05) is 18.0 Å². The highest BCUT2D eigenvalue weighted by Crippen LogP contribution is 2.22. The van der Waals surface area contributed by atoms with Gasteiger partial charge in [0.2, 0.25) is 11.9 Å². The van der Waals surface area contributed by atoms with Gasteiger partial charge < -0.3 is 0 Å². The highest BCUT2D eigenvalue weighted by atomic mass is 16.1. The standard InChI is InChI=1S/C18H17N5O/c1-10-6-7-12-11(2)20-18(22-15(12)8-10)23-17-19-9-13-14(21-17)4-3-5-16(13)24/h6-9H,3-5H2,1-2H3,(H,19,20,21,22,23). The highest BCUT2D eigenvalue weighted by molar-refractivity contribution is 5.97. The number of benzene rings is 1. The van der Waals surface area contributed by atoms with Crippen LogP contribution in [0.2, 0.25) is 0 Å². The van der Waals surface area contributed by atoms with Crippen molar-refractivity contribution in [1.29, 1.82) is 0 Å². The third-order valence-electron chi connectivity index (χ3n) is 4.25. The summed E-state index contributed by atoms with van der Waals surface area (Å²) in [5.41, 5.74) is 4.37. The maximum absolute atomic E-state index is 11.9. The van der Waals surface area contributed by atoms with Gasteiger partial charge in [0.05, 0.1) is 22.5 Å². The monoisotopic (exact) mass is 319 g/mol. The lowest BCUT2D eigenvalue weighted by molar-refractivity contribution is 0.0971. The lowest BCUT2D eigenvalue weighted by Crippen LogP contribution is -2.14. The first-order chi connectivity index (χ1) is 11.6. The van der Waals surface area contributed by atoms with E-state index in [4.69, 9.17) is 0 Å². The third kappa shape index (κ3) is 2.60. The lowest BCUT2D eigenvalue weighted by atomic mass is 9.96. The van der Waals surface area contributed by atoms with E-state index >= 15 is 0 Å². The number of nitrogens with zero attached hydrogens (tertiary/aromatic N) is 4. The zero-order chi connectivity index (χ0) is 16.7. The fourth-order valence-corrected chi connectivity index (χ4v) is 3.01. The first kappa shape index (κ1) is 14.7. The van der Waals surface area contributed by atoms with Crippen LogP contribution in [0.15, 0.2) is 24.4 Å². The second kappa shape index (κ2) is 5.63. The molecule has 0 saturated heterocycles. The molecule has 2 heterocycles. The number of carbonyl (C=O) groups excluding carboxylic acids is 1. The van der Waals surface area contributed by atoms with E-state index in [9.17, 15) is 4.79 Å². The van der Waals surface area contributed by atoms with Crippen molar-refractivity contribution in [3.8, 4) is 0 Å². The van der Waals surface area contributed by atoms with Crippen molar-refractivity contribution in [2.24, 2.45) is 0 Å². The molecule has 0 amide bonds. The number of hydrogen-bond donors (Lipinski definition) is 1. The third-order valence-corrected chi connectivity index (χ3v) is 4.25. The van der Waals surface area contributed by atoms with Crippen LogP contribution in [0.3, 0.4) is 0 Å². The molecule has 2 aromatic heterocycles. The molecule has 120 valence electrons. The maximum Gasteiger partial charge on any atom is 0.230 e. The van der Waals surface area contributed by atoms with Crippen LogP contribution >= 0.6 is 0 Å². The van der Waals surface area contributed by atoms with Gasteiger partial charge in [-0.1, -0.05) is 12.1 Å². The van der Waals surface area contributed by atoms with E-state index in [0.29, 0.717) is 23.9 Å². The molecular weight excluding hydrogens is 302 g/mol. The summed E-state index contributed by atoms with van der Waals surface area (Å²) in [6.07, 6.45) is 3.82. The molecule has 0 bridgehead atoms. The summed E-state index contributed by atoms with van der Waals surface area (Å²) in [6.45, 7) is 3.99. The molecule has 0 saturated carbocycles. The summed E-state index contributed by atoms with van der Waals surface area (Å²) in [7, 11) is 0. The summed E-state index contributed by atoms with van der Waals surface area (Å²) < 4.78 is 0. The number of aromatic nitrogens is 4. The first-order valence-corrected chi connectivity index (χ1v) is 8.01. The minimum atomic E-state index is 0.121.